The third-order valence-corrected chi connectivity index (χ3v) is 7.20. The average Bonchev–Trinajstić information content (AvgIpc) is 2.90. The second-order valence-electron chi connectivity index (χ2n) is 9.97. The summed E-state index contributed by atoms with van der Waals surface area (Å²) >= 11 is 0. The van der Waals surface area contributed by atoms with Crippen LogP contribution < -0.4 is 5.32 Å². The van der Waals surface area contributed by atoms with Crippen LogP contribution in [0.2, 0.25) is 0 Å². The molecule has 1 aliphatic carbocycles. The molecule has 1 aliphatic rings. The SMILES string of the molecule is COC(=O)C(CCC#N)NC(=O)c1ccc(CN(C)CCC2CCCCC2)cc1-c1ccccc1C. The summed E-state index contributed by atoms with van der Waals surface area (Å²) in [5.41, 5.74) is 4.55. The van der Waals surface area contributed by atoms with Crippen molar-refractivity contribution in [2.24, 2.45) is 5.92 Å². The molecule has 1 unspecified atom stereocenters. The number of carbonyl (C=O) groups is 2. The second-order valence-corrected chi connectivity index (χ2v) is 9.97. The van der Waals surface area contributed by atoms with E-state index in [-0.39, 0.29) is 18.7 Å². The van der Waals surface area contributed by atoms with E-state index in [0.717, 1.165) is 41.3 Å². The van der Waals surface area contributed by atoms with Crippen LogP contribution in [0.15, 0.2) is 42.5 Å². The van der Waals surface area contributed by atoms with Crippen molar-refractivity contribution < 1.29 is 14.3 Å². The average molecular weight is 490 g/mol. The summed E-state index contributed by atoms with van der Waals surface area (Å²) in [7, 11) is 3.44. The van der Waals surface area contributed by atoms with Crippen LogP contribution in [0.4, 0.5) is 0 Å². The highest BCUT2D eigenvalue weighted by molar-refractivity contribution is 6.02. The van der Waals surface area contributed by atoms with E-state index < -0.39 is 12.0 Å². The zero-order valence-electron chi connectivity index (χ0n) is 21.9. The van der Waals surface area contributed by atoms with Gasteiger partial charge >= 0.3 is 5.97 Å². The van der Waals surface area contributed by atoms with Gasteiger partial charge in [-0.3, -0.25) is 4.79 Å². The molecule has 3 rings (SSSR count). The molecule has 0 saturated heterocycles. The second kappa shape index (κ2) is 13.8. The highest BCUT2D eigenvalue weighted by atomic mass is 16.5. The molecule has 6 heteroatoms. The van der Waals surface area contributed by atoms with Crippen LogP contribution in [0.25, 0.3) is 11.1 Å². The van der Waals surface area contributed by atoms with Crippen molar-refractivity contribution in [3.8, 4) is 17.2 Å². The Kier molecular flexibility index (Phi) is 10.5. The number of rotatable bonds is 11. The Labute approximate surface area is 215 Å². The molecular weight excluding hydrogens is 450 g/mol. The smallest absolute Gasteiger partial charge is 0.328 e. The number of amides is 1. The Morgan fingerprint density at radius 2 is 1.89 bits per heavy atom. The van der Waals surface area contributed by atoms with E-state index in [1.54, 1.807) is 0 Å². The molecule has 2 aromatic rings. The lowest BCUT2D eigenvalue weighted by Gasteiger charge is -2.25. The molecule has 0 aromatic heterocycles. The fraction of sp³-hybridized carbons (Fsp3) is 0.500. The minimum atomic E-state index is -0.863. The first-order chi connectivity index (χ1) is 17.4. The molecule has 0 heterocycles. The third-order valence-electron chi connectivity index (χ3n) is 7.20. The number of ether oxygens (including phenoxy) is 1. The van der Waals surface area contributed by atoms with Gasteiger partial charge in [-0.15, -0.1) is 0 Å². The molecule has 1 fully saturated rings. The molecule has 1 N–H and O–H groups in total. The van der Waals surface area contributed by atoms with Gasteiger partial charge in [0.1, 0.15) is 6.04 Å². The highest BCUT2D eigenvalue weighted by Gasteiger charge is 2.24. The van der Waals surface area contributed by atoms with Crippen molar-refractivity contribution in [3.63, 3.8) is 0 Å². The van der Waals surface area contributed by atoms with Crippen LogP contribution in [0.1, 0.15) is 72.9 Å². The molecule has 2 aromatic carbocycles. The van der Waals surface area contributed by atoms with Gasteiger partial charge in [-0.2, -0.15) is 5.26 Å². The van der Waals surface area contributed by atoms with Gasteiger partial charge in [0.05, 0.1) is 13.2 Å². The molecule has 1 amide bonds. The van der Waals surface area contributed by atoms with Gasteiger partial charge in [0, 0.05) is 18.5 Å². The van der Waals surface area contributed by atoms with Crippen molar-refractivity contribution >= 4 is 11.9 Å². The van der Waals surface area contributed by atoms with Crippen LogP contribution in [0, 0.1) is 24.2 Å². The quantitative estimate of drug-likeness (QED) is 0.413. The predicted octanol–water partition coefficient (Wildman–Crippen LogP) is 5.64. The number of benzene rings is 2. The summed E-state index contributed by atoms with van der Waals surface area (Å²) in [6, 6.07) is 15.1. The standard InChI is InChI=1S/C30H39N3O3/c1-22-10-7-8-13-25(22)27-20-24(21-33(2)19-17-23-11-5-4-6-12-23)15-16-26(27)29(34)32-28(14-9-18-31)30(35)36-3/h7-8,10,13,15-16,20,23,28H,4-6,9,11-12,14,17,19,21H2,1-3H3,(H,32,34). The normalized spacial score (nSPS) is 14.8. The van der Waals surface area contributed by atoms with Gasteiger partial charge in [-0.25, -0.2) is 4.79 Å². The summed E-state index contributed by atoms with van der Waals surface area (Å²) in [5.74, 6) is -0.0513. The number of hydrogen-bond donors (Lipinski definition) is 1. The minimum Gasteiger partial charge on any atom is -0.467 e. The van der Waals surface area contributed by atoms with Crippen molar-refractivity contribution in [3.05, 3.63) is 59.2 Å². The van der Waals surface area contributed by atoms with E-state index >= 15 is 0 Å². The van der Waals surface area contributed by atoms with E-state index in [4.69, 9.17) is 10.00 Å². The number of carbonyl (C=O) groups excluding carboxylic acids is 2. The summed E-state index contributed by atoms with van der Waals surface area (Å²) in [4.78, 5) is 27.9. The number of nitriles is 1. The molecule has 0 bridgehead atoms. The number of aryl methyl sites for hydroxylation is 1. The van der Waals surface area contributed by atoms with Crippen molar-refractivity contribution in [2.75, 3.05) is 20.7 Å². The zero-order chi connectivity index (χ0) is 25.9. The van der Waals surface area contributed by atoms with Crippen LogP contribution in [-0.4, -0.2) is 43.5 Å². The fourth-order valence-corrected chi connectivity index (χ4v) is 5.09. The summed E-state index contributed by atoms with van der Waals surface area (Å²) in [5, 5.41) is 11.7. The van der Waals surface area contributed by atoms with Gasteiger partial charge < -0.3 is 15.0 Å². The van der Waals surface area contributed by atoms with Crippen molar-refractivity contribution in [1.82, 2.24) is 10.2 Å². The molecule has 192 valence electrons. The number of nitrogens with one attached hydrogen (secondary N) is 1. The van der Waals surface area contributed by atoms with E-state index in [0.29, 0.717) is 5.56 Å². The van der Waals surface area contributed by atoms with Crippen LogP contribution in [0.3, 0.4) is 0 Å². The zero-order valence-corrected chi connectivity index (χ0v) is 21.9. The maximum absolute atomic E-state index is 13.3. The van der Waals surface area contributed by atoms with Crippen LogP contribution in [0.5, 0.6) is 0 Å². The molecule has 0 spiro atoms. The fourth-order valence-electron chi connectivity index (χ4n) is 5.09. The van der Waals surface area contributed by atoms with E-state index in [9.17, 15) is 9.59 Å². The minimum absolute atomic E-state index is 0.150. The van der Waals surface area contributed by atoms with E-state index in [1.807, 2.05) is 49.4 Å². The Bertz CT molecular complexity index is 1070. The molecular formula is C30H39N3O3. The molecule has 1 atom stereocenters. The monoisotopic (exact) mass is 489 g/mol. The molecule has 0 radical (unpaired) electrons. The lowest BCUT2D eigenvalue weighted by Crippen LogP contribution is -2.41. The molecule has 6 nitrogen and oxygen atoms in total. The first-order valence-electron chi connectivity index (χ1n) is 13.1. The first kappa shape index (κ1) is 27.4. The van der Waals surface area contributed by atoms with Gasteiger partial charge in [0.2, 0.25) is 0 Å². The Hall–Kier alpha value is -3.17. The lowest BCUT2D eigenvalue weighted by atomic mass is 9.87. The summed E-state index contributed by atoms with van der Waals surface area (Å²) in [6.45, 7) is 3.90. The molecule has 1 saturated carbocycles. The van der Waals surface area contributed by atoms with E-state index in [2.05, 4.69) is 23.3 Å². The number of nitrogens with zero attached hydrogens (tertiary/aromatic N) is 2. The van der Waals surface area contributed by atoms with Crippen molar-refractivity contribution in [1.29, 1.82) is 5.26 Å². The number of esters is 1. The van der Waals surface area contributed by atoms with Gasteiger partial charge in [-0.1, -0.05) is 62.4 Å². The number of methoxy groups -OCH3 is 1. The van der Waals surface area contributed by atoms with Crippen LogP contribution in [-0.2, 0) is 16.1 Å². The maximum atomic E-state index is 13.3. The largest absolute Gasteiger partial charge is 0.467 e. The Morgan fingerprint density at radius 3 is 2.58 bits per heavy atom. The third kappa shape index (κ3) is 7.66. The maximum Gasteiger partial charge on any atom is 0.328 e. The Balaban J connectivity index is 1.81. The highest BCUT2D eigenvalue weighted by Crippen LogP contribution is 2.29. The van der Waals surface area contributed by atoms with Crippen molar-refractivity contribution in [2.45, 2.75) is 70.9 Å². The Morgan fingerprint density at radius 1 is 1.14 bits per heavy atom. The molecule has 0 aliphatic heterocycles. The molecule has 36 heavy (non-hydrogen) atoms. The number of hydrogen-bond acceptors (Lipinski definition) is 5. The summed E-state index contributed by atoms with van der Waals surface area (Å²) in [6.07, 6.45) is 8.42. The van der Waals surface area contributed by atoms with E-state index in [1.165, 1.54) is 45.6 Å². The van der Waals surface area contributed by atoms with Gasteiger partial charge in [0.25, 0.3) is 5.91 Å². The van der Waals surface area contributed by atoms with Crippen LogP contribution >= 0.6 is 0 Å². The van der Waals surface area contributed by atoms with Gasteiger partial charge in [0.15, 0.2) is 0 Å². The summed E-state index contributed by atoms with van der Waals surface area (Å²) < 4.78 is 4.84. The first-order valence-corrected chi connectivity index (χ1v) is 13.1. The van der Waals surface area contributed by atoms with Gasteiger partial charge in [-0.05, 0) is 73.7 Å². The predicted molar refractivity (Wildman–Crippen MR) is 142 cm³/mol. The lowest BCUT2D eigenvalue weighted by molar-refractivity contribution is -0.143. The topological polar surface area (TPSA) is 82.4 Å².